The van der Waals surface area contributed by atoms with Crippen molar-refractivity contribution in [2.24, 2.45) is 11.8 Å². The smallest absolute Gasteiger partial charge is 0.248 e. The molecule has 0 saturated carbocycles. The maximum atomic E-state index is 11.8. The molecule has 1 N–H and O–H groups in total. The third kappa shape index (κ3) is 2.01. The minimum atomic E-state index is 0.152. The van der Waals surface area contributed by atoms with Gasteiger partial charge in [0.1, 0.15) is 6.61 Å². The van der Waals surface area contributed by atoms with Gasteiger partial charge in [0.2, 0.25) is 5.91 Å². The zero-order valence-corrected chi connectivity index (χ0v) is 9.53. The van der Waals surface area contributed by atoms with Crippen molar-refractivity contribution >= 4 is 5.91 Å². The zero-order valence-electron chi connectivity index (χ0n) is 9.53. The molecule has 0 aliphatic carbocycles. The van der Waals surface area contributed by atoms with Crippen LogP contribution in [0.5, 0.6) is 0 Å². The van der Waals surface area contributed by atoms with Crippen LogP contribution in [0.15, 0.2) is 0 Å². The van der Waals surface area contributed by atoms with Crippen LogP contribution in [0.3, 0.4) is 0 Å². The van der Waals surface area contributed by atoms with E-state index in [1.807, 2.05) is 11.8 Å². The monoisotopic (exact) mass is 212 g/mol. The van der Waals surface area contributed by atoms with E-state index in [0.717, 1.165) is 19.6 Å². The van der Waals surface area contributed by atoms with Gasteiger partial charge < -0.3 is 15.0 Å². The Hall–Kier alpha value is -0.610. The highest BCUT2D eigenvalue weighted by atomic mass is 16.5. The molecule has 1 amide bonds. The van der Waals surface area contributed by atoms with Crippen LogP contribution in [0.25, 0.3) is 0 Å². The Kier molecular flexibility index (Phi) is 3.26. The highest BCUT2D eigenvalue weighted by Crippen LogP contribution is 2.32. The summed E-state index contributed by atoms with van der Waals surface area (Å²) in [6, 6.07) is 0.373. The van der Waals surface area contributed by atoms with Crippen molar-refractivity contribution in [3.8, 4) is 0 Å². The van der Waals surface area contributed by atoms with Gasteiger partial charge in [0.05, 0.1) is 0 Å². The number of fused-ring (bicyclic) bond motifs is 1. The summed E-state index contributed by atoms with van der Waals surface area (Å²) in [4.78, 5) is 13.8. The van der Waals surface area contributed by atoms with Gasteiger partial charge in [-0.15, -0.1) is 0 Å². The average molecular weight is 212 g/mol. The zero-order chi connectivity index (χ0) is 10.8. The number of carbonyl (C=O) groups excluding carboxylic acids is 1. The van der Waals surface area contributed by atoms with E-state index in [1.54, 1.807) is 0 Å². The minimum Gasteiger partial charge on any atom is -0.372 e. The SMILES string of the molecule is CCOCC(=O)N1CC2CNCC2C1C. The van der Waals surface area contributed by atoms with Crippen molar-refractivity contribution in [3.63, 3.8) is 0 Å². The Morgan fingerprint density at radius 2 is 2.33 bits per heavy atom. The highest BCUT2D eigenvalue weighted by Gasteiger charge is 2.43. The lowest BCUT2D eigenvalue weighted by atomic mass is 9.95. The molecule has 0 bridgehead atoms. The van der Waals surface area contributed by atoms with Crippen molar-refractivity contribution in [2.45, 2.75) is 19.9 Å². The number of rotatable bonds is 3. The predicted molar refractivity (Wildman–Crippen MR) is 57.5 cm³/mol. The van der Waals surface area contributed by atoms with Gasteiger partial charge >= 0.3 is 0 Å². The van der Waals surface area contributed by atoms with Gasteiger partial charge in [-0.1, -0.05) is 0 Å². The number of amides is 1. The van der Waals surface area contributed by atoms with E-state index in [2.05, 4.69) is 12.2 Å². The summed E-state index contributed by atoms with van der Waals surface area (Å²) < 4.78 is 5.17. The standard InChI is InChI=1S/C11H20N2O2/c1-3-15-7-11(14)13-6-9-4-12-5-10(9)8(13)2/h8-10,12H,3-7H2,1-2H3. The lowest BCUT2D eigenvalue weighted by Gasteiger charge is -2.24. The molecule has 4 nitrogen and oxygen atoms in total. The quantitative estimate of drug-likeness (QED) is 0.721. The van der Waals surface area contributed by atoms with Gasteiger partial charge in [0, 0.05) is 32.3 Å². The summed E-state index contributed by atoms with van der Waals surface area (Å²) in [6.45, 7) is 7.96. The van der Waals surface area contributed by atoms with E-state index in [4.69, 9.17) is 4.74 Å². The predicted octanol–water partition coefficient (Wildman–Crippen LogP) is 0.0892. The number of nitrogens with one attached hydrogen (secondary N) is 1. The van der Waals surface area contributed by atoms with Gasteiger partial charge in [-0.3, -0.25) is 4.79 Å². The first kappa shape index (κ1) is 10.9. The fourth-order valence-corrected chi connectivity index (χ4v) is 2.77. The molecule has 86 valence electrons. The molecule has 0 radical (unpaired) electrons. The maximum absolute atomic E-state index is 11.8. The molecule has 3 atom stereocenters. The Bertz CT molecular complexity index is 245. The number of likely N-dealkylation sites (tertiary alicyclic amines) is 1. The van der Waals surface area contributed by atoms with E-state index < -0.39 is 0 Å². The lowest BCUT2D eigenvalue weighted by Crippen LogP contribution is -2.40. The summed E-state index contributed by atoms with van der Waals surface area (Å²) in [6.07, 6.45) is 0. The Morgan fingerprint density at radius 1 is 1.53 bits per heavy atom. The molecular formula is C11H20N2O2. The largest absolute Gasteiger partial charge is 0.372 e. The van der Waals surface area contributed by atoms with Crippen molar-refractivity contribution in [2.75, 3.05) is 32.8 Å². The normalized spacial score (nSPS) is 34.5. The van der Waals surface area contributed by atoms with Crippen LogP contribution in [0.1, 0.15) is 13.8 Å². The van der Waals surface area contributed by atoms with Gasteiger partial charge in [-0.25, -0.2) is 0 Å². The minimum absolute atomic E-state index is 0.152. The first-order valence-corrected chi connectivity index (χ1v) is 5.82. The second-order valence-corrected chi connectivity index (χ2v) is 4.51. The molecule has 2 rings (SSSR count). The Morgan fingerprint density at radius 3 is 3.00 bits per heavy atom. The van der Waals surface area contributed by atoms with E-state index in [0.29, 0.717) is 24.5 Å². The third-order valence-corrected chi connectivity index (χ3v) is 3.68. The second kappa shape index (κ2) is 4.49. The van der Waals surface area contributed by atoms with Crippen LogP contribution in [0.4, 0.5) is 0 Å². The van der Waals surface area contributed by atoms with Crippen molar-refractivity contribution in [3.05, 3.63) is 0 Å². The molecule has 2 heterocycles. The molecule has 2 aliphatic heterocycles. The molecule has 2 aliphatic rings. The lowest BCUT2D eigenvalue weighted by molar-refractivity contribution is -0.136. The van der Waals surface area contributed by atoms with E-state index in [-0.39, 0.29) is 12.5 Å². The van der Waals surface area contributed by atoms with Crippen molar-refractivity contribution < 1.29 is 9.53 Å². The number of hydrogen-bond acceptors (Lipinski definition) is 3. The van der Waals surface area contributed by atoms with Crippen LogP contribution >= 0.6 is 0 Å². The molecule has 3 unspecified atom stereocenters. The van der Waals surface area contributed by atoms with Gasteiger partial charge in [-0.05, 0) is 25.7 Å². The summed E-state index contributed by atoms with van der Waals surface area (Å²) in [5.41, 5.74) is 0. The molecule has 15 heavy (non-hydrogen) atoms. The summed E-state index contributed by atoms with van der Waals surface area (Å²) in [5.74, 6) is 1.46. The maximum Gasteiger partial charge on any atom is 0.248 e. The topological polar surface area (TPSA) is 41.6 Å². The molecular weight excluding hydrogens is 192 g/mol. The number of hydrogen-bond donors (Lipinski definition) is 1. The van der Waals surface area contributed by atoms with Crippen LogP contribution in [-0.4, -0.2) is 49.7 Å². The van der Waals surface area contributed by atoms with Crippen LogP contribution in [0, 0.1) is 11.8 Å². The molecule has 2 fully saturated rings. The average Bonchev–Trinajstić information content (AvgIpc) is 2.78. The van der Waals surface area contributed by atoms with Crippen molar-refractivity contribution in [1.82, 2.24) is 10.2 Å². The van der Waals surface area contributed by atoms with Gasteiger partial charge in [-0.2, -0.15) is 0 Å². The molecule has 4 heteroatoms. The fraction of sp³-hybridized carbons (Fsp3) is 0.909. The van der Waals surface area contributed by atoms with Crippen LogP contribution < -0.4 is 5.32 Å². The molecule has 2 saturated heterocycles. The molecule has 0 spiro atoms. The van der Waals surface area contributed by atoms with Gasteiger partial charge in [0.25, 0.3) is 0 Å². The van der Waals surface area contributed by atoms with E-state index in [1.165, 1.54) is 0 Å². The second-order valence-electron chi connectivity index (χ2n) is 4.51. The highest BCUT2D eigenvalue weighted by molar-refractivity contribution is 5.78. The third-order valence-electron chi connectivity index (χ3n) is 3.68. The first-order valence-electron chi connectivity index (χ1n) is 5.82. The number of nitrogens with zero attached hydrogens (tertiary/aromatic N) is 1. The Balaban J connectivity index is 1.91. The number of ether oxygens (including phenoxy) is 1. The summed E-state index contributed by atoms with van der Waals surface area (Å²) in [5, 5.41) is 3.39. The summed E-state index contributed by atoms with van der Waals surface area (Å²) >= 11 is 0. The summed E-state index contributed by atoms with van der Waals surface area (Å²) in [7, 11) is 0. The molecule has 0 aromatic rings. The van der Waals surface area contributed by atoms with Crippen molar-refractivity contribution in [1.29, 1.82) is 0 Å². The van der Waals surface area contributed by atoms with Gasteiger partial charge in [0.15, 0.2) is 0 Å². The molecule has 0 aromatic carbocycles. The fourth-order valence-electron chi connectivity index (χ4n) is 2.77. The van der Waals surface area contributed by atoms with Crippen LogP contribution in [0.2, 0.25) is 0 Å². The Labute approximate surface area is 91.0 Å². The van der Waals surface area contributed by atoms with E-state index in [9.17, 15) is 4.79 Å². The van der Waals surface area contributed by atoms with E-state index >= 15 is 0 Å². The molecule has 0 aromatic heterocycles. The first-order chi connectivity index (χ1) is 7.24. The number of carbonyl (C=O) groups is 1. The van der Waals surface area contributed by atoms with Crippen LogP contribution in [-0.2, 0) is 9.53 Å².